The Labute approximate surface area is 217 Å². The Morgan fingerprint density at radius 1 is 1.00 bits per heavy atom. The van der Waals surface area contributed by atoms with Crippen LogP contribution in [0.4, 0.5) is 0 Å². The first-order chi connectivity index (χ1) is 4.63. The minimum Gasteiger partial charge on any atom is -0.671 e. The molecular formula is C6H14NO3Y5-. The van der Waals surface area contributed by atoms with Crippen molar-refractivity contribution < 1.29 is 179 Å². The molecule has 0 fully saturated rings. The molecule has 5 radical (unpaired) electrons. The zero-order valence-corrected chi connectivity index (χ0v) is 23.1. The Bertz CT molecular complexity index is 92.8. The van der Waals surface area contributed by atoms with E-state index in [9.17, 15) is 0 Å². The van der Waals surface area contributed by atoms with Crippen LogP contribution in [0.3, 0.4) is 0 Å². The van der Waals surface area contributed by atoms with Gasteiger partial charge in [-0.05, 0) is 6.42 Å². The van der Waals surface area contributed by atoms with Crippen molar-refractivity contribution >= 4 is 0 Å². The van der Waals surface area contributed by atoms with Gasteiger partial charge >= 0.3 is 0 Å². The second-order valence-corrected chi connectivity index (χ2v) is 2.26. The van der Waals surface area contributed by atoms with Gasteiger partial charge in [0, 0.05) is 170 Å². The van der Waals surface area contributed by atoms with Gasteiger partial charge in [-0.2, -0.15) is 0 Å². The summed E-state index contributed by atoms with van der Waals surface area (Å²) < 4.78 is 0. The van der Waals surface area contributed by atoms with Gasteiger partial charge in [-0.25, -0.2) is 0 Å². The van der Waals surface area contributed by atoms with Gasteiger partial charge in [-0.3, -0.25) is 0 Å². The summed E-state index contributed by atoms with van der Waals surface area (Å²) in [5.41, 5.74) is 7.00. The molecule has 0 bridgehead atoms. The van der Waals surface area contributed by atoms with Crippen molar-refractivity contribution in [3.05, 3.63) is 5.73 Å². The molecule has 0 aliphatic heterocycles. The topological polar surface area (TPSA) is 84.5 Å². The van der Waals surface area contributed by atoms with Crippen molar-refractivity contribution in [2.45, 2.75) is 31.6 Å². The largest absolute Gasteiger partial charge is 0.671 e. The van der Waals surface area contributed by atoms with Gasteiger partial charge in [0.15, 0.2) is 0 Å². The first-order valence-corrected chi connectivity index (χ1v) is 3.31. The van der Waals surface area contributed by atoms with E-state index in [4.69, 9.17) is 21.1 Å². The average Bonchev–Trinajstić information content (AvgIpc) is 2.00. The van der Waals surface area contributed by atoms with E-state index in [2.05, 4.69) is 0 Å². The Balaban J connectivity index is -0.0000000405. The number of rotatable bonds is 4. The second-order valence-electron chi connectivity index (χ2n) is 2.26. The maximum absolute atomic E-state index is 8.99. The quantitative estimate of drug-likeness (QED) is 0.413. The molecule has 9 heteroatoms. The van der Waals surface area contributed by atoms with Gasteiger partial charge in [0.2, 0.25) is 0 Å². The molecule has 15 heavy (non-hydrogen) atoms. The summed E-state index contributed by atoms with van der Waals surface area (Å²) in [6, 6.07) is -0.991. The number of hydrogen-bond donors (Lipinski definition) is 3. The molecule has 0 aliphatic rings. The Morgan fingerprint density at radius 3 is 1.53 bits per heavy atom. The van der Waals surface area contributed by atoms with Crippen LogP contribution in [0.15, 0.2) is 0 Å². The summed E-state index contributed by atoms with van der Waals surface area (Å²) in [5.74, 6) is 0. The Kier molecular flexibility index (Phi) is 60.2. The van der Waals surface area contributed by atoms with E-state index in [1.807, 2.05) is 0 Å². The molecule has 0 saturated heterocycles. The summed E-state index contributed by atoms with van der Waals surface area (Å²) in [5, 5.41) is 26.3. The van der Waals surface area contributed by atoms with Crippen LogP contribution in [0.25, 0.3) is 5.73 Å². The van der Waals surface area contributed by atoms with Gasteiger partial charge in [0.05, 0.1) is 12.2 Å². The van der Waals surface area contributed by atoms with Crippen LogP contribution < -0.4 is 0 Å². The molecule has 3 atom stereocenters. The SMILES string of the molecule is CC[C@@H](O)[C@@H](O)[C@@H]([NH-])CO.[Y].[Y].[Y].[Y].[Y]. The van der Waals surface area contributed by atoms with Crippen LogP contribution in [0.5, 0.6) is 0 Å². The van der Waals surface area contributed by atoms with Crippen LogP contribution in [0.1, 0.15) is 13.3 Å². The van der Waals surface area contributed by atoms with Crippen molar-refractivity contribution in [2.75, 3.05) is 6.61 Å². The van der Waals surface area contributed by atoms with E-state index in [0.29, 0.717) is 6.42 Å². The molecule has 77 valence electrons. The normalized spacial score (nSPS) is 13.4. The van der Waals surface area contributed by atoms with E-state index in [0.717, 1.165) is 0 Å². The molecule has 4 N–H and O–H groups in total. The van der Waals surface area contributed by atoms with Gasteiger partial charge < -0.3 is 21.1 Å². The maximum atomic E-state index is 8.99. The summed E-state index contributed by atoms with van der Waals surface area (Å²) in [6.45, 7) is 1.29. The first-order valence-electron chi connectivity index (χ1n) is 3.31. The fourth-order valence-corrected chi connectivity index (χ4v) is 0.618. The third-order valence-corrected chi connectivity index (χ3v) is 1.42. The van der Waals surface area contributed by atoms with Crippen molar-refractivity contribution in [3.8, 4) is 0 Å². The van der Waals surface area contributed by atoms with Crippen LogP contribution in [0.2, 0.25) is 0 Å². The van der Waals surface area contributed by atoms with Crippen LogP contribution in [-0.4, -0.2) is 40.2 Å². The summed E-state index contributed by atoms with van der Waals surface area (Å²) >= 11 is 0. The molecular weight excluding hydrogens is 579 g/mol. The molecule has 0 unspecified atom stereocenters. The minimum atomic E-state index is -1.13. The van der Waals surface area contributed by atoms with E-state index in [1.54, 1.807) is 6.92 Å². The summed E-state index contributed by atoms with van der Waals surface area (Å²) in [4.78, 5) is 0. The van der Waals surface area contributed by atoms with E-state index < -0.39 is 24.9 Å². The van der Waals surface area contributed by atoms with Gasteiger partial charge in [0.25, 0.3) is 0 Å². The third-order valence-electron chi connectivity index (χ3n) is 1.42. The smallest absolute Gasteiger partial charge is 0.0782 e. The Morgan fingerprint density at radius 2 is 1.33 bits per heavy atom. The van der Waals surface area contributed by atoms with Crippen LogP contribution >= 0.6 is 0 Å². The monoisotopic (exact) mass is 593 g/mol. The predicted octanol–water partition coefficient (Wildman–Crippen LogP) is -0.481. The number of aliphatic hydroxyl groups is 3. The molecule has 0 amide bonds. The van der Waals surface area contributed by atoms with Crippen LogP contribution in [-0.2, 0) is 164 Å². The van der Waals surface area contributed by atoms with Gasteiger partial charge in [0.1, 0.15) is 0 Å². The zero-order chi connectivity index (χ0) is 8.15. The zero-order valence-electron chi connectivity index (χ0n) is 8.87. The van der Waals surface area contributed by atoms with Gasteiger partial charge in [-0.1, -0.05) is 13.0 Å². The molecule has 4 nitrogen and oxygen atoms in total. The van der Waals surface area contributed by atoms with E-state index >= 15 is 0 Å². The molecule has 0 saturated carbocycles. The molecule has 0 heterocycles. The molecule has 0 aromatic heterocycles. The minimum absolute atomic E-state index is 0. The summed E-state index contributed by atoms with van der Waals surface area (Å²) in [7, 11) is 0. The average molecular weight is 593 g/mol. The molecule has 0 aromatic carbocycles. The number of nitrogens with one attached hydrogen (secondary N) is 1. The Hall–Kier alpha value is 5.36. The van der Waals surface area contributed by atoms with Crippen LogP contribution in [0, 0.1) is 0 Å². The molecule has 0 aliphatic carbocycles. The van der Waals surface area contributed by atoms with Crippen molar-refractivity contribution in [3.63, 3.8) is 0 Å². The van der Waals surface area contributed by atoms with Gasteiger partial charge in [-0.15, -0.1) is 0 Å². The number of hydrogen-bond acceptors (Lipinski definition) is 3. The van der Waals surface area contributed by atoms with E-state index in [-0.39, 0.29) is 164 Å². The maximum Gasteiger partial charge on any atom is 0.0782 e. The predicted molar refractivity (Wildman–Crippen MR) is 37.5 cm³/mol. The van der Waals surface area contributed by atoms with E-state index in [1.165, 1.54) is 0 Å². The molecule has 0 spiro atoms. The third kappa shape index (κ3) is 19.4. The molecule has 0 aromatic rings. The van der Waals surface area contributed by atoms with Crippen molar-refractivity contribution in [2.24, 2.45) is 0 Å². The fraction of sp³-hybridized carbons (Fsp3) is 1.00. The molecule has 0 rings (SSSR count). The first kappa shape index (κ1) is 37.0. The second kappa shape index (κ2) is 24.4. The standard InChI is InChI=1S/C6H14NO3.5Y/c1-2-5(9)6(10)4(7)3-8;;;;;/h4-10H,2-3H2,1H3;;;;;/q-1;;;;;/t4-,5+,6-;;;;;/m0...../s1. The number of aliphatic hydroxyl groups excluding tert-OH is 3. The fourth-order valence-electron chi connectivity index (χ4n) is 0.618. The summed E-state index contributed by atoms with van der Waals surface area (Å²) in [6.07, 6.45) is -1.62. The van der Waals surface area contributed by atoms with Crippen molar-refractivity contribution in [1.82, 2.24) is 0 Å². The van der Waals surface area contributed by atoms with Crippen molar-refractivity contribution in [1.29, 1.82) is 0 Å².